The average molecular weight is 408 g/mol. The molecule has 1 aromatic heterocycles. The maximum absolute atomic E-state index is 13.9. The lowest BCUT2D eigenvalue weighted by Crippen LogP contribution is -2.24. The molecule has 5 nitrogen and oxygen atoms in total. The minimum Gasteiger partial charge on any atom is -0.493 e. The fourth-order valence-electron chi connectivity index (χ4n) is 3.23. The third kappa shape index (κ3) is 3.87. The molecule has 1 heterocycles. The van der Waals surface area contributed by atoms with Crippen LogP contribution in [0, 0.1) is 11.6 Å². The predicted molar refractivity (Wildman–Crippen MR) is 108 cm³/mol. The number of rotatable bonds is 6. The number of carbonyl (C=O) groups excluding carboxylic acids is 1. The standard InChI is InChI=1S/C23H18F2N2O3/c1-2-29-20-10-7-14-5-3-4-6-17(14)22(20)23(28)26-13-16-12-21(30-27-16)18-9-8-15(24)11-19(18)25/h3-12H,2,13H2,1H3,(H,26,28). The lowest BCUT2D eigenvalue weighted by Gasteiger charge is -2.13. The minimum atomic E-state index is -0.751. The summed E-state index contributed by atoms with van der Waals surface area (Å²) in [5.41, 5.74) is 0.928. The van der Waals surface area contributed by atoms with Crippen molar-refractivity contribution in [2.75, 3.05) is 6.61 Å². The highest BCUT2D eigenvalue weighted by Gasteiger charge is 2.18. The van der Waals surface area contributed by atoms with Crippen LogP contribution in [0.5, 0.6) is 5.75 Å². The quantitative estimate of drug-likeness (QED) is 0.482. The monoisotopic (exact) mass is 408 g/mol. The Balaban J connectivity index is 1.56. The first-order chi connectivity index (χ1) is 14.6. The van der Waals surface area contributed by atoms with Gasteiger partial charge in [-0.2, -0.15) is 0 Å². The second-order valence-electron chi connectivity index (χ2n) is 6.58. The molecule has 7 heteroatoms. The van der Waals surface area contributed by atoms with E-state index in [9.17, 15) is 13.6 Å². The van der Waals surface area contributed by atoms with Crippen molar-refractivity contribution in [3.8, 4) is 17.1 Å². The number of ether oxygens (including phenoxy) is 1. The molecule has 30 heavy (non-hydrogen) atoms. The molecule has 0 saturated heterocycles. The summed E-state index contributed by atoms with van der Waals surface area (Å²) in [6, 6.07) is 15.9. The van der Waals surface area contributed by atoms with E-state index in [1.165, 1.54) is 12.1 Å². The Labute approximate surface area is 171 Å². The fourth-order valence-corrected chi connectivity index (χ4v) is 3.23. The number of nitrogens with one attached hydrogen (secondary N) is 1. The van der Waals surface area contributed by atoms with Crippen LogP contribution in [0.15, 0.2) is 65.2 Å². The summed E-state index contributed by atoms with van der Waals surface area (Å²) < 4.78 is 37.8. The van der Waals surface area contributed by atoms with Gasteiger partial charge in [-0.25, -0.2) is 8.78 Å². The molecule has 0 aliphatic carbocycles. The van der Waals surface area contributed by atoms with Gasteiger partial charge >= 0.3 is 0 Å². The van der Waals surface area contributed by atoms with Crippen molar-refractivity contribution in [1.29, 1.82) is 0 Å². The number of amides is 1. The Morgan fingerprint density at radius 2 is 1.93 bits per heavy atom. The maximum atomic E-state index is 13.9. The molecule has 1 N–H and O–H groups in total. The van der Waals surface area contributed by atoms with E-state index >= 15 is 0 Å². The zero-order chi connectivity index (χ0) is 21.1. The van der Waals surface area contributed by atoms with E-state index in [1.807, 2.05) is 37.3 Å². The first kappa shape index (κ1) is 19.6. The van der Waals surface area contributed by atoms with E-state index in [1.54, 1.807) is 6.07 Å². The van der Waals surface area contributed by atoms with Gasteiger partial charge < -0.3 is 14.6 Å². The zero-order valence-electron chi connectivity index (χ0n) is 16.1. The Morgan fingerprint density at radius 1 is 1.10 bits per heavy atom. The molecule has 152 valence electrons. The highest BCUT2D eigenvalue weighted by molar-refractivity contribution is 6.09. The molecular weight excluding hydrogens is 390 g/mol. The van der Waals surface area contributed by atoms with Gasteiger partial charge in [0.25, 0.3) is 5.91 Å². The molecule has 0 aliphatic rings. The maximum Gasteiger partial charge on any atom is 0.256 e. The van der Waals surface area contributed by atoms with E-state index in [0.29, 0.717) is 23.6 Å². The normalized spacial score (nSPS) is 10.9. The van der Waals surface area contributed by atoms with Crippen molar-refractivity contribution in [2.45, 2.75) is 13.5 Å². The molecule has 4 rings (SSSR count). The summed E-state index contributed by atoms with van der Waals surface area (Å²) in [6.07, 6.45) is 0. The van der Waals surface area contributed by atoms with Crippen LogP contribution >= 0.6 is 0 Å². The number of fused-ring (bicyclic) bond motifs is 1. The summed E-state index contributed by atoms with van der Waals surface area (Å²) in [6.45, 7) is 2.34. The summed E-state index contributed by atoms with van der Waals surface area (Å²) >= 11 is 0. The predicted octanol–water partition coefficient (Wildman–Crippen LogP) is 5.10. The lowest BCUT2D eigenvalue weighted by atomic mass is 10.0. The Bertz CT molecular complexity index is 1220. The van der Waals surface area contributed by atoms with Crippen LogP contribution in [-0.4, -0.2) is 17.7 Å². The van der Waals surface area contributed by atoms with Crippen LogP contribution in [-0.2, 0) is 6.54 Å². The summed E-state index contributed by atoms with van der Waals surface area (Å²) in [5, 5.41) is 8.35. The lowest BCUT2D eigenvalue weighted by molar-refractivity contribution is 0.0948. The van der Waals surface area contributed by atoms with Gasteiger partial charge in [0.05, 0.1) is 24.3 Å². The summed E-state index contributed by atoms with van der Waals surface area (Å²) in [5.74, 6) is -1.12. The van der Waals surface area contributed by atoms with E-state index in [2.05, 4.69) is 10.5 Å². The molecule has 0 aliphatic heterocycles. The van der Waals surface area contributed by atoms with Gasteiger partial charge in [0.15, 0.2) is 5.76 Å². The van der Waals surface area contributed by atoms with Crippen LogP contribution in [0.2, 0.25) is 0 Å². The number of benzene rings is 3. The van der Waals surface area contributed by atoms with E-state index in [0.717, 1.165) is 22.9 Å². The zero-order valence-corrected chi connectivity index (χ0v) is 16.1. The molecular formula is C23H18F2N2O3. The van der Waals surface area contributed by atoms with Crippen LogP contribution in [0.25, 0.3) is 22.1 Å². The van der Waals surface area contributed by atoms with Crippen molar-refractivity contribution in [1.82, 2.24) is 10.5 Å². The van der Waals surface area contributed by atoms with Gasteiger partial charge in [0.1, 0.15) is 23.1 Å². The van der Waals surface area contributed by atoms with Crippen LogP contribution in [0.1, 0.15) is 23.0 Å². The molecule has 0 unspecified atom stereocenters. The van der Waals surface area contributed by atoms with Gasteiger partial charge in [-0.3, -0.25) is 4.79 Å². The van der Waals surface area contributed by atoms with Gasteiger partial charge in [-0.1, -0.05) is 35.5 Å². The summed E-state index contributed by atoms with van der Waals surface area (Å²) in [7, 11) is 0. The number of aromatic nitrogens is 1. The molecule has 3 aromatic carbocycles. The average Bonchev–Trinajstić information content (AvgIpc) is 3.21. The Morgan fingerprint density at radius 3 is 2.73 bits per heavy atom. The number of nitrogens with zero attached hydrogens (tertiary/aromatic N) is 1. The molecule has 1 amide bonds. The molecule has 0 radical (unpaired) electrons. The van der Waals surface area contributed by atoms with Crippen LogP contribution < -0.4 is 10.1 Å². The number of hydrogen-bond acceptors (Lipinski definition) is 4. The fraction of sp³-hybridized carbons (Fsp3) is 0.130. The van der Waals surface area contributed by atoms with Crippen molar-refractivity contribution >= 4 is 16.7 Å². The van der Waals surface area contributed by atoms with Gasteiger partial charge in [0, 0.05) is 12.1 Å². The van der Waals surface area contributed by atoms with Crippen molar-refractivity contribution in [3.63, 3.8) is 0 Å². The SMILES string of the molecule is CCOc1ccc2ccccc2c1C(=O)NCc1cc(-c2ccc(F)cc2F)on1. The number of halogens is 2. The number of hydrogen-bond donors (Lipinski definition) is 1. The Kier molecular flexibility index (Phi) is 5.43. The molecule has 0 bridgehead atoms. The van der Waals surface area contributed by atoms with Gasteiger partial charge in [0.2, 0.25) is 0 Å². The molecule has 0 saturated carbocycles. The van der Waals surface area contributed by atoms with Gasteiger partial charge in [-0.15, -0.1) is 0 Å². The van der Waals surface area contributed by atoms with Crippen molar-refractivity contribution < 1.29 is 22.8 Å². The highest BCUT2D eigenvalue weighted by Crippen LogP contribution is 2.28. The molecule has 4 aromatic rings. The molecule has 0 fully saturated rings. The first-order valence-corrected chi connectivity index (χ1v) is 9.40. The van der Waals surface area contributed by atoms with E-state index in [4.69, 9.17) is 9.26 Å². The second kappa shape index (κ2) is 8.32. The largest absolute Gasteiger partial charge is 0.493 e. The summed E-state index contributed by atoms with van der Waals surface area (Å²) in [4.78, 5) is 12.9. The highest BCUT2D eigenvalue weighted by atomic mass is 19.1. The van der Waals surface area contributed by atoms with E-state index < -0.39 is 11.6 Å². The molecule has 0 atom stereocenters. The van der Waals surface area contributed by atoms with E-state index in [-0.39, 0.29) is 23.8 Å². The second-order valence-corrected chi connectivity index (χ2v) is 6.58. The topological polar surface area (TPSA) is 64.4 Å². The third-order valence-electron chi connectivity index (χ3n) is 4.60. The van der Waals surface area contributed by atoms with Crippen molar-refractivity contribution in [2.24, 2.45) is 0 Å². The first-order valence-electron chi connectivity index (χ1n) is 9.40. The minimum absolute atomic E-state index is 0.0694. The smallest absolute Gasteiger partial charge is 0.256 e. The van der Waals surface area contributed by atoms with Gasteiger partial charge in [-0.05, 0) is 35.9 Å². The van der Waals surface area contributed by atoms with Crippen LogP contribution in [0.4, 0.5) is 8.78 Å². The van der Waals surface area contributed by atoms with Crippen LogP contribution in [0.3, 0.4) is 0 Å². The Hall–Kier alpha value is -3.74. The molecule has 0 spiro atoms. The third-order valence-corrected chi connectivity index (χ3v) is 4.60. The van der Waals surface area contributed by atoms with Crippen molar-refractivity contribution in [3.05, 3.63) is 83.6 Å². The number of carbonyl (C=O) groups is 1.